The van der Waals surface area contributed by atoms with Crippen LogP contribution >= 0.6 is 15.9 Å². The van der Waals surface area contributed by atoms with E-state index >= 15 is 0 Å². The summed E-state index contributed by atoms with van der Waals surface area (Å²) in [6.45, 7) is 2.04. The van der Waals surface area contributed by atoms with Gasteiger partial charge < -0.3 is 10.6 Å². The summed E-state index contributed by atoms with van der Waals surface area (Å²) in [5, 5.41) is 0. The Morgan fingerprint density at radius 3 is 2.81 bits per heavy atom. The molecule has 5 nitrogen and oxygen atoms in total. The summed E-state index contributed by atoms with van der Waals surface area (Å²) in [7, 11) is -1.09. The van der Waals surface area contributed by atoms with Crippen molar-refractivity contribution in [2.24, 2.45) is 5.92 Å². The molecule has 1 aliphatic rings. The zero-order valence-electron chi connectivity index (χ0n) is 12.4. The first-order chi connectivity index (χ1) is 9.77. The molecule has 1 heterocycles. The van der Waals surface area contributed by atoms with Gasteiger partial charge >= 0.3 is 0 Å². The minimum atomic E-state index is -3.09. The molecule has 2 rings (SSSR count). The first kappa shape index (κ1) is 16.6. The van der Waals surface area contributed by atoms with Crippen LogP contribution in [0.1, 0.15) is 12.8 Å². The summed E-state index contributed by atoms with van der Waals surface area (Å²) in [5.41, 5.74) is 7.75. The van der Waals surface area contributed by atoms with Crippen LogP contribution in [0.25, 0.3) is 0 Å². The molecule has 0 saturated carbocycles. The van der Waals surface area contributed by atoms with E-state index in [1.807, 2.05) is 25.2 Å². The van der Waals surface area contributed by atoms with E-state index in [1.54, 1.807) is 4.31 Å². The Hall–Kier alpha value is -0.790. The number of hydrogen-bond donors (Lipinski definition) is 1. The van der Waals surface area contributed by atoms with E-state index in [2.05, 4.69) is 20.8 Å². The van der Waals surface area contributed by atoms with E-state index in [0.717, 1.165) is 35.2 Å². The van der Waals surface area contributed by atoms with Gasteiger partial charge in [0.1, 0.15) is 0 Å². The summed E-state index contributed by atoms with van der Waals surface area (Å²) in [6.07, 6.45) is 3.25. The molecule has 0 amide bonds. The molecule has 1 aromatic rings. The molecule has 7 heteroatoms. The molecule has 2 N–H and O–H groups in total. The van der Waals surface area contributed by atoms with Crippen LogP contribution in [0.5, 0.6) is 0 Å². The van der Waals surface area contributed by atoms with Gasteiger partial charge in [0.25, 0.3) is 0 Å². The second-order valence-electron chi connectivity index (χ2n) is 5.71. The fourth-order valence-electron chi connectivity index (χ4n) is 2.84. The second-order valence-corrected chi connectivity index (χ2v) is 8.61. The van der Waals surface area contributed by atoms with E-state index in [0.29, 0.717) is 19.0 Å². The molecule has 1 saturated heterocycles. The molecule has 0 spiro atoms. The number of hydrogen-bond acceptors (Lipinski definition) is 4. The van der Waals surface area contributed by atoms with Crippen LogP contribution in [0.2, 0.25) is 0 Å². The molecular formula is C14H22BrN3O2S. The van der Waals surface area contributed by atoms with Crippen LogP contribution in [-0.4, -0.2) is 45.7 Å². The number of nitrogen functional groups attached to an aromatic ring is 1. The van der Waals surface area contributed by atoms with E-state index in [1.165, 1.54) is 6.26 Å². The molecule has 1 aliphatic heterocycles. The highest BCUT2D eigenvalue weighted by Gasteiger charge is 2.26. The number of benzene rings is 1. The summed E-state index contributed by atoms with van der Waals surface area (Å²) in [4.78, 5) is 2.11. The molecule has 1 fully saturated rings. The van der Waals surface area contributed by atoms with Crippen molar-refractivity contribution in [1.29, 1.82) is 0 Å². The number of sulfonamides is 1. The standard InChI is InChI=1S/C14H22BrN3O2S/c1-17(14-6-5-12(15)8-13(14)16)9-11-4-3-7-18(10-11)21(2,19)20/h5-6,8,11H,3-4,7,9-10,16H2,1-2H3. The number of anilines is 2. The van der Waals surface area contributed by atoms with Gasteiger partial charge in [-0.15, -0.1) is 0 Å². The van der Waals surface area contributed by atoms with Gasteiger partial charge in [-0.2, -0.15) is 0 Å². The monoisotopic (exact) mass is 375 g/mol. The van der Waals surface area contributed by atoms with Crippen LogP contribution in [-0.2, 0) is 10.0 Å². The number of halogens is 1. The third-order valence-corrected chi connectivity index (χ3v) is 5.65. The molecule has 21 heavy (non-hydrogen) atoms. The molecule has 1 unspecified atom stereocenters. The molecule has 0 radical (unpaired) electrons. The summed E-state index contributed by atoms with van der Waals surface area (Å²) >= 11 is 3.40. The Balaban J connectivity index is 2.03. The van der Waals surface area contributed by atoms with Crippen LogP contribution in [0, 0.1) is 5.92 Å². The molecule has 0 aromatic heterocycles. The van der Waals surface area contributed by atoms with Crippen LogP contribution in [0.3, 0.4) is 0 Å². The lowest BCUT2D eigenvalue weighted by atomic mass is 9.99. The van der Waals surface area contributed by atoms with Gasteiger partial charge in [-0.05, 0) is 37.0 Å². The highest BCUT2D eigenvalue weighted by molar-refractivity contribution is 9.10. The largest absolute Gasteiger partial charge is 0.397 e. The maximum Gasteiger partial charge on any atom is 0.211 e. The lowest BCUT2D eigenvalue weighted by Gasteiger charge is -2.34. The fourth-order valence-corrected chi connectivity index (χ4v) is 4.16. The van der Waals surface area contributed by atoms with E-state index in [4.69, 9.17) is 5.73 Å². The maximum atomic E-state index is 11.7. The maximum absolute atomic E-state index is 11.7. The summed E-state index contributed by atoms with van der Waals surface area (Å²) in [6, 6.07) is 5.83. The summed E-state index contributed by atoms with van der Waals surface area (Å²) in [5.74, 6) is 0.335. The predicted molar refractivity (Wildman–Crippen MR) is 91.0 cm³/mol. The minimum Gasteiger partial charge on any atom is -0.397 e. The van der Waals surface area contributed by atoms with Crippen molar-refractivity contribution in [2.45, 2.75) is 12.8 Å². The van der Waals surface area contributed by atoms with Gasteiger partial charge in [0.15, 0.2) is 0 Å². The predicted octanol–water partition coefficient (Wildman–Crippen LogP) is 2.14. The van der Waals surface area contributed by atoms with Gasteiger partial charge in [-0.3, -0.25) is 0 Å². The van der Waals surface area contributed by atoms with E-state index in [9.17, 15) is 8.42 Å². The van der Waals surface area contributed by atoms with Gasteiger partial charge in [0.2, 0.25) is 10.0 Å². The Labute approximate surface area is 135 Å². The smallest absolute Gasteiger partial charge is 0.211 e. The quantitative estimate of drug-likeness (QED) is 0.818. The molecule has 0 aliphatic carbocycles. The lowest BCUT2D eigenvalue weighted by Crippen LogP contribution is -2.42. The Bertz CT molecular complexity index is 606. The first-order valence-electron chi connectivity index (χ1n) is 6.98. The Morgan fingerprint density at radius 1 is 1.48 bits per heavy atom. The average Bonchev–Trinajstić information content (AvgIpc) is 2.37. The lowest BCUT2D eigenvalue weighted by molar-refractivity contribution is 0.271. The second kappa shape index (κ2) is 6.54. The molecule has 118 valence electrons. The van der Waals surface area contributed by atoms with Crippen molar-refractivity contribution in [1.82, 2.24) is 4.31 Å². The molecule has 0 bridgehead atoms. The SMILES string of the molecule is CN(CC1CCCN(S(C)(=O)=O)C1)c1ccc(Br)cc1N. The zero-order chi connectivity index (χ0) is 15.6. The van der Waals surface area contributed by atoms with Gasteiger partial charge in [-0.1, -0.05) is 15.9 Å². The van der Waals surface area contributed by atoms with E-state index in [-0.39, 0.29) is 0 Å². The Kier molecular flexibility index (Phi) is 5.16. The van der Waals surface area contributed by atoms with Crippen molar-refractivity contribution >= 4 is 37.3 Å². The van der Waals surface area contributed by atoms with Crippen molar-refractivity contribution in [3.05, 3.63) is 22.7 Å². The van der Waals surface area contributed by atoms with Crippen molar-refractivity contribution in [3.63, 3.8) is 0 Å². The zero-order valence-corrected chi connectivity index (χ0v) is 14.8. The van der Waals surface area contributed by atoms with Gasteiger partial charge in [-0.25, -0.2) is 12.7 Å². The fraction of sp³-hybridized carbons (Fsp3) is 0.571. The minimum absolute atomic E-state index is 0.335. The van der Waals surface area contributed by atoms with Crippen LogP contribution in [0.15, 0.2) is 22.7 Å². The highest BCUT2D eigenvalue weighted by atomic mass is 79.9. The third-order valence-electron chi connectivity index (χ3n) is 3.88. The van der Waals surface area contributed by atoms with Crippen molar-refractivity contribution in [3.8, 4) is 0 Å². The van der Waals surface area contributed by atoms with Gasteiger partial charge in [0, 0.05) is 31.2 Å². The highest BCUT2D eigenvalue weighted by Crippen LogP contribution is 2.28. The third kappa shape index (κ3) is 4.34. The normalized spacial score (nSPS) is 20.4. The van der Waals surface area contributed by atoms with Gasteiger partial charge in [0.05, 0.1) is 17.6 Å². The molecule has 1 atom stereocenters. The Morgan fingerprint density at radius 2 is 2.19 bits per heavy atom. The topological polar surface area (TPSA) is 66.6 Å². The molecular weight excluding hydrogens is 354 g/mol. The summed E-state index contributed by atoms with van der Waals surface area (Å²) < 4.78 is 25.9. The van der Waals surface area contributed by atoms with Crippen molar-refractivity contribution < 1.29 is 8.42 Å². The average molecular weight is 376 g/mol. The van der Waals surface area contributed by atoms with E-state index < -0.39 is 10.0 Å². The first-order valence-corrected chi connectivity index (χ1v) is 9.63. The number of piperidine rings is 1. The van der Waals surface area contributed by atoms with Crippen LogP contribution < -0.4 is 10.6 Å². The number of nitrogens with two attached hydrogens (primary N) is 1. The van der Waals surface area contributed by atoms with Crippen LogP contribution in [0.4, 0.5) is 11.4 Å². The number of rotatable bonds is 4. The molecule has 1 aromatic carbocycles. The van der Waals surface area contributed by atoms with Crippen molar-refractivity contribution in [2.75, 3.05) is 43.6 Å². The number of nitrogens with zero attached hydrogens (tertiary/aromatic N) is 2.